The number of nitrogens with one attached hydrogen (secondary N) is 1. The maximum Gasteiger partial charge on any atom is 1.00 e. The second-order valence-electron chi connectivity index (χ2n) is 9.23. The van der Waals surface area contributed by atoms with E-state index in [2.05, 4.69) is 30.6 Å². The van der Waals surface area contributed by atoms with Gasteiger partial charge in [-0.05, 0) is 55.8 Å². The van der Waals surface area contributed by atoms with Gasteiger partial charge in [0, 0.05) is 11.9 Å². The number of carboxylic acids is 1. The Bertz CT molecular complexity index is 2190. The summed E-state index contributed by atoms with van der Waals surface area (Å²) in [5.74, 6) is -3.32. The van der Waals surface area contributed by atoms with Crippen molar-refractivity contribution in [2.24, 2.45) is 15.3 Å². The number of hydrogen-bond donors (Lipinski definition) is 1. The van der Waals surface area contributed by atoms with E-state index >= 15 is 0 Å². The number of carbonyl (C=O) groups excluding carboxylic acids is 2. The minimum absolute atomic E-state index is 0. The first-order valence-electron chi connectivity index (χ1n) is 11.9. The third-order valence-electron chi connectivity index (χ3n) is 5.90. The molecule has 18 nitrogen and oxygen atoms in total. The van der Waals surface area contributed by atoms with Gasteiger partial charge in [0.25, 0.3) is 5.91 Å². The molecule has 2 heterocycles. The van der Waals surface area contributed by atoms with Gasteiger partial charge in [0.1, 0.15) is 36.7 Å². The Kier molecular flexibility index (Phi) is 15.6. The molecule has 1 unspecified atom stereocenters. The molecule has 0 aliphatic carbocycles. The number of amides is 1. The Morgan fingerprint density at radius 3 is 2.10 bits per heavy atom. The number of benzene rings is 2. The Morgan fingerprint density at radius 1 is 0.958 bits per heavy atom. The van der Waals surface area contributed by atoms with Crippen LogP contribution in [0.25, 0.3) is 0 Å². The molecule has 1 aliphatic heterocycles. The number of carbonyl (C=O) groups is 2. The van der Waals surface area contributed by atoms with Crippen LogP contribution in [0.5, 0.6) is 0 Å². The topological polar surface area (TPSA) is 284 Å². The van der Waals surface area contributed by atoms with Crippen LogP contribution < -0.4 is 104 Å². The summed E-state index contributed by atoms with van der Waals surface area (Å²) in [6.07, 6.45) is 0.856. The first-order valence-corrected chi connectivity index (χ1v) is 17.0. The van der Waals surface area contributed by atoms with Gasteiger partial charge in [0.05, 0.1) is 27.1 Å². The van der Waals surface area contributed by atoms with E-state index < -0.39 is 74.3 Å². The average molecular weight is 768 g/mol. The standard InChI is InChI=1S/C23H20ClN7O11S3.3Na/c1-10-8-13(44(37,38)39)5-6-15(10)31-21(32)18(19(30-31)22(33)34)29-28-14-9-12(4-7-16(14)45(40,41)42)26-20-17(24)11(2)25-23(27-20)43(3,35)36;;;/h4-9,18H,1-3H3,(H,33,34)(H,25,26,27)(H,37,38,39)(H,40,41,42);;;/q;3*+1/p-3. The van der Waals surface area contributed by atoms with E-state index in [1.807, 2.05) is 0 Å². The van der Waals surface area contributed by atoms with Crippen molar-refractivity contribution in [1.82, 2.24) is 9.97 Å². The van der Waals surface area contributed by atoms with Crippen molar-refractivity contribution in [3.63, 3.8) is 0 Å². The monoisotopic (exact) mass is 767 g/mol. The van der Waals surface area contributed by atoms with Crippen LogP contribution in [-0.4, -0.2) is 74.2 Å². The predicted molar refractivity (Wildman–Crippen MR) is 150 cm³/mol. The number of aliphatic carboxylic acids is 1. The summed E-state index contributed by atoms with van der Waals surface area (Å²) in [6.45, 7) is 2.71. The van der Waals surface area contributed by atoms with E-state index in [4.69, 9.17) is 11.6 Å². The number of sulfone groups is 1. The van der Waals surface area contributed by atoms with Crippen LogP contribution in [0.15, 0.2) is 66.7 Å². The smallest absolute Gasteiger partial charge is 0.744 e. The van der Waals surface area contributed by atoms with Crippen molar-refractivity contribution < 1.29 is 138 Å². The molecule has 25 heteroatoms. The van der Waals surface area contributed by atoms with Gasteiger partial charge in [-0.15, -0.1) is 0 Å². The molecule has 3 aromatic rings. The van der Waals surface area contributed by atoms with Crippen molar-refractivity contribution >= 4 is 82.1 Å². The van der Waals surface area contributed by atoms with E-state index in [1.54, 1.807) is 0 Å². The minimum Gasteiger partial charge on any atom is -0.744 e. The number of hydrazone groups is 1. The van der Waals surface area contributed by atoms with Crippen molar-refractivity contribution in [3.8, 4) is 0 Å². The number of anilines is 3. The first-order chi connectivity index (χ1) is 20.7. The summed E-state index contributed by atoms with van der Waals surface area (Å²) >= 11 is 6.19. The molecule has 1 atom stereocenters. The molecule has 48 heavy (non-hydrogen) atoms. The second-order valence-corrected chi connectivity index (χ2v) is 14.2. The summed E-state index contributed by atoms with van der Waals surface area (Å²) in [5.41, 5.74) is -1.70. The molecule has 4 rings (SSSR count). The molecule has 0 radical (unpaired) electrons. The summed E-state index contributed by atoms with van der Waals surface area (Å²) < 4.78 is 93.7. The summed E-state index contributed by atoms with van der Waals surface area (Å²) in [6, 6.07) is 3.65. The first kappa shape index (κ1) is 44.6. The summed E-state index contributed by atoms with van der Waals surface area (Å²) in [5, 5.41) is 25.2. The van der Waals surface area contributed by atoms with Crippen LogP contribution >= 0.6 is 11.6 Å². The van der Waals surface area contributed by atoms with E-state index in [-0.39, 0.29) is 122 Å². The van der Waals surface area contributed by atoms with Gasteiger partial charge in [-0.25, -0.2) is 30.2 Å². The maximum absolute atomic E-state index is 13.2. The largest absolute Gasteiger partial charge is 1.00 e. The number of aryl methyl sites for hydroxylation is 2. The van der Waals surface area contributed by atoms with Gasteiger partial charge in [0.2, 0.25) is 15.0 Å². The normalized spacial score (nSPS) is 14.9. The Hall–Kier alpha value is -1.41. The third kappa shape index (κ3) is 10.1. The molecule has 1 amide bonds. The van der Waals surface area contributed by atoms with Crippen LogP contribution in [0, 0.1) is 13.8 Å². The molecule has 2 aromatic carbocycles. The van der Waals surface area contributed by atoms with E-state index in [0.29, 0.717) is 5.01 Å². The van der Waals surface area contributed by atoms with Gasteiger partial charge in [-0.1, -0.05) is 11.6 Å². The Morgan fingerprint density at radius 2 is 1.58 bits per heavy atom. The quantitative estimate of drug-likeness (QED) is 0.0916. The minimum atomic E-state index is -5.22. The molecular weight excluding hydrogens is 751 g/mol. The van der Waals surface area contributed by atoms with Gasteiger partial charge in [-0.2, -0.15) is 25.3 Å². The molecular formula is C23H17ClN7Na3O11S3. The summed E-state index contributed by atoms with van der Waals surface area (Å²) in [7, 11) is -14.0. The van der Waals surface area contributed by atoms with Crippen LogP contribution in [0.1, 0.15) is 11.3 Å². The maximum atomic E-state index is 13.2. The van der Waals surface area contributed by atoms with Crippen LogP contribution in [0.3, 0.4) is 0 Å². The number of rotatable bonds is 9. The number of azo groups is 1. The van der Waals surface area contributed by atoms with Crippen molar-refractivity contribution in [2.75, 3.05) is 16.6 Å². The van der Waals surface area contributed by atoms with Gasteiger partial charge in [-0.3, -0.25) is 4.79 Å². The molecule has 0 fully saturated rings. The zero-order chi connectivity index (χ0) is 33.6. The van der Waals surface area contributed by atoms with Crippen LogP contribution in [0.4, 0.5) is 22.9 Å². The van der Waals surface area contributed by atoms with Gasteiger partial charge in [0.15, 0.2) is 11.9 Å². The van der Waals surface area contributed by atoms with Gasteiger partial charge < -0.3 is 24.3 Å². The van der Waals surface area contributed by atoms with Crippen LogP contribution in [-0.2, 0) is 39.7 Å². The van der Waals surface area contributed by atoms with Crippen LogP contribution in [0.2, 0.25) is 5.02 Å². The zero-order valence-corrected chi connectivity index (χ0v) is 35.0. The SMILES string of the molecule is Cc1cc(S(=O)(=O)[O-])ccc1N1N=C(C(=O)[O-])C(N=Nc2cc(Nc3nc(S(C)(=O)=O)nc(C)c3Cl)ccc2S(=O)(=O)[O-])C1=O.[Na+].[Na+].[Na+]. The van der Waals surface area contributed by atoms with E-state index in [1.165, 1.54) is 13.8 Å². The van der Waals surface area contributed by atoms with E-state index in [0.717, 1.165) is 42.7 Å². The third-order valence-corrected chi connectivity index (χ3v) is 8.92. The number of hydrogen-bond acceptors (Lipinski definition) is 17. The average Bonchev–Trinajstić information content (AvgIpc) is 3.24. The number of nitrogens with zero attached hydrogens (tertiary/aromatic N) is 6. The zero-order valence-electron chi connectivity index (χ0n) is 25.8. The molecule has 0 spiro atoms. The van der Waals surface area contributed by atoms with Crippen molar-refractivity contribution in [1.29, 1.82) is 0 Å². The van der Waals surface area contributed by atoms with E-state index in [9.17, 15) is 49.1 Å². The molecule has 0 saturated carbocycles. The molecule has 1 aromatic heterocycles. The van der Waals surface area contributed by atoms with Crippen molar-refractivity contribution in [2.45, 2.75) is 34.8 Å². The number of halogens is 1. The Balaban J connectivity index is 0.00000384. The van der Waals surface area contributed by atoms with Crippen molar-refractivity contribution in [3.05, 3.63) is 52.7 Å². The molecule has 0 saturated heterocycles. The number of aromatic nitrogens is 2. The van der Waals surface area contributed by atoms with Gasteiger partial charge >= 0.3 is 88.7 Å². The second kappa shape index (κ2) is 16.7. The molecule has 1 N–H and O–H groups in total. The molecule has 238 valence electrons. The molecule has 0 bridgehead atoms. The fraction of sp³-hybridized carbons (Fsp3) is 0.174. The number of carboxylic acid groups (broad SMARTS) is 1. The fourth-order valence-electron chi connectivity index (χ4n) is 3.82. The molecule has 1 aliphatic rings. The summed E-state index contributed by atoms with van der Waals surface area (Å²) in [4.78, 5) is 31.0. The Labute approximate surface area is 345 Å². The fourth-order valence-corrected chi connectivity index (χ4v) is 5.66. The predicted octanol–water partition coefficient (Wildman–Crippen LogP) is -8.68.